The van der Waals surface area contributed by atoms with Gasteiger partial charge >= 0.3 is 0 Å². The average Bonchev–Trinajstić information content (AvgIpc) is 3.37. The fourth-order valence-electron chi connectivity index (χ4n) is 3.08. The van der Waals surface area contributed by atoms with Crippen molar-refractivity contribution in [2.24, 2.45) is 11.8 Å². The van der Waals surface area contributed by atoms with Crippen molar-refractivity contribution in [2.75, 3.05) is 19.6 Å². The molecule has 3 rings (SSSR count). The summed E-state index contributed by atoms with van der Waals surface area (Å²) in [5.41, 5.74) is 0.102. The van der Waals surface area contributed by atoms with E-state index in [0.717, 1.165) is 55.1 Å². The predicted octanol–water partition coefficient (Wildman–Crippen LogP) is 0.706. The first-order valence-corrected chi connectivity index (χ1v) is 9.79. The lowest BCUT2D eigenvalue weighted by molar-refractivity contribution is -0.132. The van der Waals surface area contributed by atoms with Crippen LogP contribution in [0.15, 0.2) is 4.79 Å². The van der Waals surface area contributed by atoms with E-state index in [-0.39, 0.29) is 11.5 Å². The van der Waals surface area contributed by atoms with E-state index in [0.29, 0.717) is 18.5 Å². The van der Waals surface area contributed by atoms with Gasteiger partial charge in [0.1, 0.15) is 0 Å². The molecule has 1 N–H and O–H groups in total. The summed E-state index contributed by atoms with van der Waals surface area (Å²) in [6.07, 6.45) is 8.35. The van der Waals surface area contributed by atoms with Crippen molar-refractivity contribution in [3.8, 4) is 0 Å². The number of carbonyl (C=O) groups is 1. The molecule has 0 spiro atoms. The highest BCUT2D eigenvalue weighted by Crippen LogP contribution is 2.30. The SMILES string of the molecule is CCCN(CCNCn1sc2c(c1=O)=CC(C)CC=2)C(=O)C1CC1. The molecule has 1 heterocycles. The Morgan fingerprint density at radius 1 is 1.42 bits per heavy atom. The molecule has 1 saturated carbocycles. The zero-order valence-corrected chi connectivity index (χ0v) is 15.4. The van der Waals surface area contributed by atoms with Crippen molar-refractivity contribution in [3.63, 3.8) is 0 Å². The van der Waals surface area contributed by atoms with Gasteiger partial charge in [-0.25, -0.2) is 3.96 Å². The highest BCUT2D eigenvalue weighted by molar-refractivity contribution is 7.04. The number of hydrogen-bond donors (Lipinski definition) is 1. The van der Waals surface area contributed by atoms with Crippen LogP contribution < -0.4 is 20.6 Å². The van der Waals surface area contributed by atoms with Gasteiger partial charge in [0.05, 0.1) is 16.4 Å². The van der Waals surface area contributed by atoms with Crippen LogP contribution in [0.4, 0.5) is 0 Å². The van der Waals surface area contributed by atoms with Crippen molar-refractivity contribution >= 4 is 29.6 Å². The van der Waals surface area contributed by atoms with E-state index in [4.69, 9.17) is 0 Å². The molecule has 0 aromatic carbocycles. The van der Waals surface area contributed by atoms with Crippen LogP contribution >= 0.6 is 11.5 Å². The third-order valence-electron chi connectivity index (χ3n) is 4.60. The zero-order valence-electron chi connectivity index (χ0n) is 14.6. The molecular weight excluding hydrogens is 322 g/mol. The van der Waals surface area contributed by atoms with E-state index in [1.807, 2.05) is 4.90 Å². The van der Waals surface area contributed by atoms with E-state index in [9.17, 15) is 9.59 Å². The lowest BCUT2D eigenvalue weighted by Gasteiger charge is -2.22. The maximum atomic E-state index is 12.4. The Balaban J connectivity index is 1.54. The molecule has 0 saturated heterocycles. The number of rotatable bonds is 8. The van der Waals surface area contributed by atoms with Crippen molar-refractivity contribution < 1.29 is 4.79 Å². The van der Waals surface area contributed by atoms with Crippen LogP contribution in [0.5, 0.6) is 0 Å². The Kier molecular flexibility index (Phi) is 5.56. The molecule has 2 aliphatic carbocycles. The van der Waals surface area contributed by atoms with Gasteiger partial charge in [-0.3, -0.25) is 14.9 Å². The summed E-state index contributed by atoms with van der Waals surface area (Å²) in [6.45, 7) is 7.02. The predicted molar refractivity (Wildman–Crippen MR) is 98.1 cm³/mol. The van der Waals surface area contributed by atoms with Gasteiger partial charge in [-0.05, 0) is 31.6 Å². The van der Waals surface area contributed by atoms with Crippen LogP contribution in [0.1, 0.15) is 39.5 Å². The van der Waals surface area contributed by atoms with Gasteiger partial charge in [-0.15, -0.1) is 0 Å². The van der Waals surface area contributed by atoms with E-state index in [1.165, 1.54) is 11.5 Å². The fourth-order valence-corrected chi connectivity index (χ4v) is 4.08. The van der Waals surface area contributed by atoms with Gasteiger partial charge in [-0.2, -0.15) is 0 Å². The molecule has 1 unspecified atom stereocenters. The van der Waals surface area contributed by atoms with Gasteiger partial charge < -0.3 is 4.90 Å². The van der Waals surface area contributed by atoms with E-state index >= 15 is 0 Å². The first kappa shape index (κ1) is 17.4. The number of hydrogen-bond acceptors (Lipinski definition) is 4. The number of amides is 1. The van der Waals surface area contributed by atoms with Gasteiger partial charge in [0.25, 0.3) is 5.56 Å². The molecule has 0 aliphatic heterocycles. The minimum absolute atomic E-state index is 0.102. The van der Waals surface area contributed by atoms with Gasteiger partial charge in [-0.1, -0.05) is 37.5 Å². The monoisotopic (exact) mass is 349 g/mol. The van der Waals surface area contributed by atoms with Crippen molar-refractivity contribution in [2.45, 2.75) is 46.2 Å². The molecule has 2 aliphatic rings. The second-order valence-electron chi connectivity index (χ2n) is 6.89. The minimum atomic E-state index is 0.102. The summed E-state index contributed by atoms with van der Waals surface area (Å²) < 4.78 is 2.87. The van der Waals surface area contributed by atoms with Gasteiger partial charge in [0.2, 0.25) is 5.91 Å². The van der Waals surface area contributed by atoms with Crippen molar-refractivity contribution in [3.05, 3.63) is 20.1 Å². The molecular formula is C18H27N3O2S. The lowest BCUT2D eigenvalue weighted by atomic mass is 10.0. The van der Waals surface area contributed by atoms with Crippen LogP contribution in [0.3, 0.4) is 0 Å². The second-order valence-corrected chi connectivity index (χ2v) is 7.96. The van der Waals surface area contributed by atoms with Crippen LogP contribution in [0, 0.1) is 11.8 Å². The normalized spacial score (nSPS) is 19.3. The summed E-state index contributed by atoms with van der Waals surface area (Å²) in [7, 11) is 0. The molecule has 1 atom stereocenters. The Hall–Kier alpha value is -1.40. The molecule has 1 fully saturated rings. The molecule has 24 heavy (non-hydrogen) atoms. The van der Waals surface area contributed by atoms with Crippen LogP contribution in [0.25, 0.3) is 12.2 Å². The second kappa shape index (κ2) is 7.66. The van der Waals surface area contributed by atoms with Crippen molar-refractivity contribution in [1.29, 1.82) is 0 Å². The summed E-state index contributed by atoms with van der Waals surface area (Å²) in [4.78, 5) is 26.6. The Labute approximate surface area is 146 Å². The topological polar surface area (TPSA) is 54.3 Å². The van der Waals surface area contributed by atoms with Gasteiger partial charge in [0, 0.05) is 25.6 Å². The number of nitrogens with zero attached hydrogens (tertiary/aromatic N) is 2. The Morgan fingerprint density at radius 2 is 2.21 bits per heavy atom. The Morgan fingerprint density at radius 3 is 2.92 bits per heavy atom. The summed E-state index contributed by atoms with van der Waals surface area (Å²) in [5, 5.41) is 4.18. The van der Waals surface area contributed by atoms with Crippen molar-refractivity contribution in [1.82, 2.24) is 14.2 Å². The fraction of sp³-hybridized carbons (Fsp3) is 0.667. The molecule has 132 valence electrons. The molecule has 6 heteroatoms. The zero-order chi connectivity index (χ0) is 17.1. The van der Waals surface area contributed by atoms with E-state index in [1.54, 1.807) is 3.96 Å². The number of fused-ring (bicyclic) bond motifs is 1. The summed E-state index contributed by atoms with van der Waals surface area (Å²) in [5.74, 6) is 1.02. The largest absolute Gasteiger partial charge is 0.341 e. The smallest absolute Gasteiger partial charge is 0.269 e. The standard InChI is InChI=1S/C18H27N3O2S/c1-3-9-20(17(22)14-5-6-14)10-8-19-12-21-18(23)15-11-13(2)4-7-16(15)24-21/h7,11,13-14,19H,3-6,8-10,12H2,1-2H3. The maximum absolute atomic E-state index is 12.4. The molecule has 1 amide bonds. The molecule has 0 radical (unpaired) electrons. The van der Waals surface area contributed by atoms with Crippen LogP contribution in [-0.4, -0.2) is 34.4 Å². The Bertz CT molecular complexity index is 760. The summed E-state index contributed by atoms with van der Waals surface area (Å²) >= 11 is 1.53. The minimum Gasteiger partial charge on any atom is -0.341 e. The third-order valence-corrected chi connectivity index (χ3v) is 5.70. The number of carbonyl (C=O) groups excluding carboxylic acids is 1. The third kappa shape index (κ3) is 3.98. The first-order valence-electron chi connectivity index (χ1n) is 9.01. The molecule has 5 nitrogen and oxygen atoms in total. The highest BCUT2D eigenvalue weighted by Gasteiger charge is 2.32. The first-order chi connectivity index (χ1) is 11.6. The van der Waals surface area contributed by atoms with E-state index in [2.05, 4.69) is 31.3 Å². The van der Waals surface area contributed by atoms with Crippen LogP contribution in [0.2, 0.25) is 0 Å². The maximum Gasteiger partial charge on any atom is 0.269 e. The number of aromatic nitrogens is 1. The number of nitrogens with one attached hydrogen (secondary N) is 1. The molecule has 1 aromatic rings. The van der Waals surface area contributed by atoms with E-state index < -0.39 is 0 Å². The quantitative estimate of drug-likeness (QED) is 0.703. The molecule has 1 aromatic heterocycles. The van der Waals surface area contributed by atoms with Crippen LogP contribution in [-0.2, 0) is 11.5 Å². The molecule has 0 bridgehead atoms. The average molecular weight is 350 g/mol. The highest BCUT2D eigenvalue weighted by atomic mass is 32.1. The summed E-state index contributed by atoms with van der Waals surface area (Å²) in [6, 6.07) is 0. The lowest BCUT2D eigenvalue weighted by Crippen LogP contribution is -2.40. The van der Waals surface area contributed by atoms with Gasteiger partial charge in [0.15, 0.2) is 0 Å².